The number of amides is 1. The molecule has 1 N–H and O–H groups in total. The molecule has 0 fully saturated rings. The van der Waals surface area contributed by atoms with Crippen LogP contribution in [0.15, 0.2) is 28.4 Å². The number of alkyl halides is 3. The van der Waals surface area contributed by atoms with E-state index in [2.05, 4.69) is 5.32 Å². The minimum Gasteiger partial charge on any atom is -0.325 e. The van der Waals surface area contributed by atoms with Gasteiger partial charge in [-0.2, -0.15) is 13.2 Å². The molecule has 2 rings (SSSR count). The minimum atomic E-state index is -4.48. The highest BCUT2D eigenvalue weighted by Crippen LogP contribution is 2.33. The van der Waals surface area contributed by atoms with Gasteiger partial charge in [0, 0.05) is 16.8 Å². The predicted octanol–water partition coefficient (Wildman–Crippen LogP) is 3.18. The molecular weight excluding hydrogens is 317 g/mol. The van der Waals surface area contributed by atoms with Crippen molar-refractivity contribution in [2.75, 3.05) is 5.32 Å². The number of benzene rings is 1. The summed E-state index contributed by atoms with van der Waals surface area (Å²) in [4.78, 5) is 23.1. The Balaban J connectivity index is 2.17. The van der Waals surface area contributed by atoms with Crippen LogP contribution in [0.5, 0.6) is 0 Å². The van der Waals surface area contributed by atoms with Crippen molar-refractivity contribution in [1.29, 1.82) is 0 Å². The predicted molar refractivity (Wildman–Crippen MR) is 78.1 cm³/mol. The van der Waals surface area contributed by atoms with Crippen molar-refractivity contribution in [3.8, 4) is 0 Å². The fraction of sp³-hybridized carbons (Fsp3) is 0.286. The average molecular weight is 330 g/mol. The van der Waals surface area contributed by atoms with Crippen LogP contribution in [0.25, 0.3) is 0 Å². The molecule has 1 amide bonds. The monoisotopic (exact) mass is 330 g/mol. The highest BCUT2D eigenvalue weighted by molar-refractivity contribution is 7.07. The summed E-state index contributed by atoms with van der Waals surface area (Å²) in [6.07, 6.45) is -4.48. The molecule has 8 heteroatoms. The average Bonchev–Trinajstić information content (AvgIpc) is 2.71. The van der Waals surface area contributed by atoms with E-state index >= 15 is 0 Å². The quantitative estimate of drug-likeness (QED) is 0.940. The van der Waals surface area contributed by atoms with Crippen LogP contribution < -0.4 is 10.2 Å². The lowest BCUT2D eigenvalue weighted by atomic mass is 10.1. The van der Waals surface area contributed by atoms with Crippen LogP contribution in [0, 0.1) is 13.8 Å². The number of aromatic nitrogens is 1. The number of hydrogen-bond acceptors (Lipinski definition) is 3. The highest BCUT2D eigenvalue weighted by atomic mass is 32.1. The number of halogens is 3. The molecule has 118 valence electrons. The van der Waals surface area contributed by atoms with Gasteiger partial charge in [-0.3, -0.25) is 14.2 Å². The number of carbonyl (C=O) groups is 1. The van der Waals surface area contributed by atoms with E-state index in [1.54, 1.807) is 12.3 Å². The zero-order chi connectivity index (χ0) is 16.5. The highest BCUT2D eigenvalue weighted by Gasteiger charge is 2.32. The van der Waals surface area contributed by atoms with E-state index in [1.807, 2.05) is 0 Å². The molecule has 0 aliphatic carbocycles. The molecule has 1 heterocycles. The molecule has 0 saturated heterocycles. The number of hydrogen-bond donors (Lipinski definition) is 1. The van der Waals surface area contributed by atoms with Crippen LogP contribution in [-0.2, 0) is 17.5 Å². The van der Waals surface area contributed by atoms with Gasteiger partial charge < -0.3 is 5.32 Å². The minimum absolute atomic E-state index is 0.0452. The molecule has 1 aromatic heterocycles. The number of nitrogens with one attached hydrogen (secondary N) is 1. The van der Waals surface area contributed by atoms with Crippen LogP contribution in [0.1, 0.15) is 16.8 Å². The first-order valence-corrected chi connectivity index (χ1v) is 7.19. The number of rotatable bonds is 3. The fourth-order valence-electron chi connectivity index (χ4n) is 1.95. The molecule has 0 aliphatic heterocycles. The lowest BCUT2D eigenvalue weighted by molar-refractivity contribution is -0.138. The van der Waals surface area contributed by atoms with Crippen molar-refractivity contribution in [2.45, 2.75) is 26.6 Å². The van der Waals surface area contributed by atoms with Gasteiger partial charge in [-0.05, 0) is 31.5 Å². The SMILES string of the molecule is Cc1ccc(NC(=O)Cn2c(C)csc2=O)cc1C(F)(F)F. The lowest BCUT2D eigenvalue weighted by Crippen LogP contribution is -2.25. The fourth-order valence-corrected chi connectivity index (χ4v) is 2.68. The maximum atomic E-state index is 12.8. The summed E-state index contributed by atoms with van der Waals surface area (Å²) in [6, 6.07) is 3.57. The zero-order valence-corrected chi connectivity index (χ0v) is 12.6. The first-order valence-electron chi connectivity index (χ1n) is 6.31. The van der Waals surface area contributed by atoms with Crippen molar-refractivity contribution in [2.24, 2.45) is 0 Å². The number of aryl methyl sites for hydroxylation is 2. The maximum absolute atomic E-state index is 12.8. The Morgan fingerprint density at radius 3 is 2.55 bits per heavy atom. The molecule has 22 heavy (non-hydrogen) atoms. The van der Waals surface area contributed by atoms with Crippen molar-refractivity contribution in [1.82, 2.24) is 4.57 Å². The molecule has 0 radical (unpaired) electrons. The van der Waals surface area contributed by atoms with E-state index in [1.165, 1.54) is 23.6 Å². The van der Waals surface area contributed by atoms with E-state index in [0.717, 1.165) is 17.4 Å². The molecular formula is C14H13F3N2O2S. The first-order chi connectivity index (χ1) is 10.2. The molecule has 1 aromatic carbocycles. The summed E-state index contributed by atoms with van der Waals surface area (Å²) < 4.78 is 39.7. The van der Waals surface area contributed by atoms with Crippen molar-refractivity contribution in [3.05, 3.63) is 50.1 Å². The Morgan fingerprint density at radius 2 is 2.00 bits per heavy atom. The van der Waals surface area contributed by atoms with E-state index in [-0.39, 0.29) is 22.7 Å². The molecule has 0 bridgehead atoms. The van der Waals surface area contributed by atoms with E-state index in [4.69, 9.17) is 0 Å². The second-order valence-electron chi connectivity index (χ2n) is 4.80. The molecule has 0 aliphatic rings. The van der Waals surface area contributed by atoms with Gasteiger partial charge >= 0.3 is 11.0 Å². The summed E-state index contributed by atoms with van der Waals surface area (Å²) in [6.45, 7) is 2.80. The third-order valence-corrected chi connectivity index (χ3v) is 3.99. The van der Waals surface area contributed by atoms with E-state index in [0.29, 0.717) is 5.69 Å². The normalized spacial score (nSPS) is 11.5. The lowest BCUT2D eigenvalue weighted by Gasteiger charge is -2.13. The zero-order valence-electron chi connectivity index (χ0n) is 11.8. The molecule has 2 aromatic rings. The summed E-state index contributed by atoms with van der Waals surface area (Å²) in [5.41, 5.74) is -0.0431. The van der Waals surface area contributed by atoms with E-state index in [9.17, 15) is 22.8 Å². The summed E-state index contributed by atoms with van der Waals surface area (Å²) in [7, 11) is 0. The molecule has 0 atom stereocenters. The Labute approximate surface area is 128 Å². The summed E-state index contributed by atoms with van der Waals surface area (Å²) >= 11 is 0.966. The van der Waals surface area contributed by atoms with Gasteiger partial charge in [-0.15, -0.1) is 0 Å². The summed E-state index contributed by atoms with van der Waals surface area (Å²) in [5.74, 6) is -0.555. The Hall–Kier alpha value is -2.09. The van der Waals surface area contributed by atoms with Crippen LogP contribution in [0.3, 0.4) is 0 Å². The molecule has 4 nitrogen and oxygen atoms in total. The number of thiazole rings is 1. The molecule has 0 saturated carbocycles. The molecule has 0 spiro atoms. The van der Waals surface area contributed by atoms with Gasteiger partial charge in [0.1, 0.15) is 6.54 Å². The van der Waals surface area contributed by atoms with Gasteiger partial charge in [-0.1, -0.05) is 17.4 Å². The number of carbonyl (C=O) groups excluding carboxylic acids is 1. The topological polar surface area (TPSA) is 51.1 Å². The largest absolute Gasteiger partial charge is 0.416 e. The van der Waals surface area contributed by atoms with Gasteiger partial charge in [0.2, 0.25) is 5.91 Å². The van der Waals surface area contributed by atoms with E-state index < -0.39 is 17.6 Å². The van der Waals surface area contributed by atoms with Crippen molar-refractivity contribution >= 4 is 22.9 Å². The van der Waals surface area contributed by atoms with Crippen molar-refractivity contribution in [3.63, 3.8) is 0 Å². The van der Waals surface area contributed by atoms with Gasteiger partial charge in [0.05, 0.1) is 5.56 Å². The Bertz CT molecular complexity index is 762. The maximum Gasteiger partial charge on any atom is 0.416 e. The Kier molecular flexibility index (Phi) is 4.41. The molecule has 0 unspecified atom stereocenters. The van der Waals surface area contributed by atoms with Crippen molar-refractivity contribution < 1.29 is 18.0 Å². The van der Waals surface area contributed by atoms with Crippen LogP contribution in [0.4, 0.5) is 18.9 Å². The smallest absolute Gasteiger partial charge is 0.325 e. The summed E-state index contributed by atoms with van der Waals surface area (Å²) in [5, 5.41) is 3.99. The second kappa shape index (κ2) is 5.96. The first kappa shape index (κ1) is 16.3. The second-order valence-corrected chi connectivity index (χ2v) is 5.63. The van der Waals surface area contributed by atoms with Crippen LogP contribution >= 0.6 is 11.3 Å². The van der Waals surface area contributed by atoms with Crippen LogP contribution in [-0.4, -0.2) is 10.5 Å². The Morgan fingerprint density at radius 1 is 1.32 bits per heavy atom. The third-order valence-electron chi connectivity index (χ3n) is 3.10. The van der Waals surface area contributed by atoms with Gasteiger partial charge in [0.25, 0.3) is 0 Å². The van der Waals surface area contributed by atoms with Crippen LogP contribution in [0.2, 0.25) is 0 Å². The van der Waals surface area contributed by atoms with Gasteiger partial charge in [0.15, 0.2) is 0 Å². The standard InChI is InChI=1S/C14H13F3N2O2S/c1-8-3-4-10(5-11(8)14(15,16)17)18-12(20)6-19-9(2)7-22-13(19)21/h3-5,7H,6H2,1-2H3,(H,18,20). The number of nitrogens with zero attached hydrogens (tertiary/aromatic N) is 1. The van der Waals surface area contributed by atoms with Gasteiger partial charge in [-0.25, -0.2) is 0 Å². The number of anilines is 1. The third kappa shape index (κ3) is 3.56.